The van der Waals surface area contributed by atoms with E-state index < -0.39 is 6.10 Å². The Morgan fingerprint density at radius 1 is 1.26 bits per heavy atom. The first-order valence-corrected chi connectivity index (χ1v) is 8.04. The van der Waals surface area contributed by atoms with Crippen molar-refractivity contribution in [1.82, 2.24) is 10.2 Å². The number of carbonyl (C=O) groups is 2. The molecule has 0 bridgehead atoms. The molecule has 2 N–H and O–H groups in total. The van der Waals surface area contributed by atoms with Gasteiger partial charge in [-0.1, -0.05) is 12.2 Å². The van der Waals surface area contributed by atoms with E-state index in [-0.39, 0.29) is 42.9 Å². The quantitative estimate of drug-likeness (QED) is 0.677. The Kier molecular flexibility index (Phi) is 6.56. The average Bonchev–Trinajstić information content (AvgIpc) is 2.56. The highest BCUT2D eigenvalue weighted by atomic mass is 16.5. The van der Waals surface area contributed by atoms with Crippen LogP contribution in [0.15, 0.2) is 12.2 Å². The fourth-order valence-electron chi connectivity index (χ4n) is 2.73. The van der Waals surface area contributed by atoms with Crippen LogP contribution in [0, 0.1) is 5.92 Å². The van der Waals surface area contributed by atoms with Crippen LogP contribution in [0.25, 0.3) is 0 Å². The average molecular weight is 326 g/mol. The van der Waals surface area contributed by atoms with Crippen LogP contribution in [0.5, 0.6) is 0 Å². The SMILES string of the molecule is CN(C)C(=O)C[C@H]1C=C[C@H](NC(=O)C2CCOCC2)[C@@H](CO)O1. The number of nitrogens with zero attached hydrogens (tertiary/aromatic N) is 1. The third-order valence-corrected chi connectivity index (χ3v) is 4.24. The van der Waals surface area contributed by atoms with Crippen LogP contribution < -0.4 is 5.32 Å². The van der Waals surface area contributed by atoms with Gasteiger partial charge < -0.3 is 24.8 Å². The van der Waals surface area contributed by atoms with Crippen LogP contribution in [-0.2, 0) is 19.1 Å². The second kappa shape index (κ2) is 8.42. The number of carbonyl (C=O) groups excluding carboxylic acids is 2. The normalized spacial score (nSPS) is 28.4. The molecule has 2 amide bonds. The fourth-order valence-corrected chi connectivity index (χ4v) is 2.73. The van der Waals surface area contributed by atoms with Crippen molar-refractivity contribution in [2.45, 2.75) is 37.5 Å². The molecule has 0 spiro atoms. The summed E-state index contributed by atoms with van der Waals surface area (Å²) in [5.74, 6) is -0.126. The van der Waals surface area contributed by atoms with E-state index in [1.807, 2.05) is 6.08 Å². The van der Waals surface area contributed by atoms with E-state index in [2.05, 4.69) is 5.32 Å². The molecule has 0 unspecified atom stereocenters. The van der Waals surface area contributed by atoms with E-state index in [1.54, 1.807) is 20.2 Å². The van der Waals surface area contributed by atoms with Gasteiger partial charge in [-0.15, -0.1) is 0 Å². The molecule has 2 aliphatic rings. The predicted octanol–water partition coefficient (Wildman–Crippen LogP) is -0.308. The lowest BCUT2D eigenvalue weighted by molar-refractivity contribution is -0.135. The Morgan fingerprint density at radius 3 is 2.57 bits per heavy atom. The Labute approximate surface area is 136 Å². The Hall–Kier alpha value is -1.44. The molecule has 23 heavy (non-hydrogen) atoms. The summed E-state index contributed by atoms with van der Waals surface area (Å²) in [5, 5.41) is 12.4. The number of amides is 2. The molecule has 1 fully saturated rings. The van der Waals surface area contributed by atoms with Crippen LogP contribution >= 0.6 is 0 Å². The molecule has 2 rings (SSSR count). The van der Waals surface area contributed by atoms with Gasteiger partial charge >= 0.3 is 0 Å². The molecule has 0 aromatic rings. The number of hydrogen-bond acceptors (Lipinski definition) is 5. The monoisotopic (exact) mass is 326 g/mol. The number of aliphatic hydroxyl groups excluding tert-OH is 1. The smallest absolute Gasteiger partial charge is 0.224 e. The third kappa shape index (κ3) is 5.02. The summed E-state index contributed by atoms with van der Waals surface area (Å²) in [5.41, 5.74) is 0. The van der Waals surface area contributed by atoms with Gasteiger partial charge in [0.2, 0.25) is 11.8 Å². The largest absolute Gasteiger partial charge is 0.394 e. The first kappa shape index (κ1) is 17.9. The summed E-state index contributed by atoms with van der Waals surface area (Å²) in [7, 11) is 3.38. The molecule has 0 radical (unpaired) electrons. The molecule has 7 nitrogen and oxygen atoms in total. The predicted molar refractivity (Wildman–Crippen MR) is 83.7 cm³/mol. The summed E-state index contributed by atoms with van der Waals surface area (Å²) in [6.45, 7) is 0.996. The fraction of sp³-hybridized carbons (Fsp3) is 0.750. The molecule has 0 saturated carbocycles. The van der Waals surface area contributed by atoms with Crippen molar-refractivity contribution in [3.63, 3.8) is 0 Å². The summed E-state index contributed by atoms with van der Waals surface area (Å²) >= 11 is 0. The van der Waals surface area contributed by atoms with Gasteiger partial charge in [-0.3, -0.25) is 9.59 Å². The lowest BCUT2D eigenvalue weighted by Crippen LogP contribution is -2.50. The molecule has 3 atom stereocenters. The Bertz CT molecular complexity index is 446. The summed E-state index contributed by atoms with van der Waals surface area (Å²) < 4.78 is 11.0. The van der Waals surface area contributed by atoms with Gasteiger partial charge in [-0.25, -0.2) is 0 Å². The van der Waals surface area contributed by atoms with Gasteiger partial charge in [0.25, 0.3) is 0 Å². The van der Waals surface area contributed by atoms with Crippen LogP contribution in [0.4, 0.5) is 0 Å². The molecule has 2 heterocycles. The van der Waals surface area contributed by atoms with Crippen molar-refractivity contribution >= 4 is 11.8 Å². The van der Waals surface area contributed by atoms with Crippen molar-refractivity contribution in [3.8, 4) is 0 Å². The minimum atomic E-state index is -0.538. The summed E-state index contributed by atoms with van der Waals surface area (Å²) in [6, 6.07) is -0.374. The van der Waals surface area contributed by atoms with Crippen LogP contribution in [0.1, 0.15) is 19.3 Å². The Balaban J connectivity index is 1.91. The molecule has 7 heteroatoms. The van der Waals surface area contributed by atoms with Gasteiger partial charge in [0.05, 0.1) is 25.2 Å². The second-order valence-electron chi connectivity index (χ2n) is 6.19. The zero-order valence-electron chi connectivity index (χ0n) is 13.7. The van der Waals surface area contributed by atoms with E-state index in [0.29, 0.717) is 26.1 Å². The number of ether oxygens (including phenoxy) is 2. The van der Waals surface area contributed by atoms with Crippen LogP contribution in [0.3, 0.4) is 0 Å². The van der Waals surface area contributed by atoms with Gasteiger partial charge in [0.1, 0.15) is 6.10 Å². The lowest BCUT2D eigenvalue weighted by atomic mass is 9.97. The van der Waals surface area contributed by atoms with Crippen molar-refractivity contribution < 1.29 is 24.2 Å². The minimum absolute atomic E-state index is 0.0344. The lowest BCUT2D eigenvalue weighted by Gasteiger charge is -2.33. The van der Waals surface area contributed by atoms with Crippen LogP contribution in [0.2, 0.25) is 0 Å². The van der Waals surface area contributed by atoms with E-state index >= 15 is 0 Å². The second-order valence-corrected chi connectivity index (χ2v) is 6.19. The van der Waals surface area contributed by atoms with E-state index in [9.17, 15) is 14.7 Å². The van der Waals surface area contributed by atoms with Crippen molar-refractivity contribution in [2.24, 2.45) is 5.92 Å². The summed E-state index contributed by atoms with van der Waals surface area (Å²) in [6.07, 6.45) is 4.33. The number of hydrogen-bond donors (Lipinski definition) is 2. The number of nitrogens with one attached hydrogen (secondary N) is 1. The molecule has 1 saturated heterocycles. The maximum absolute atomic E-state index is 12.3. The van der Waals surface area contributed by atoms with Gasteiger partial charge in [0, 0.05) is 33.2 Å². The highest BCUT2D eigenvalue weighted by Crippen LogP contribution is 2.19. The topological polar surface area (TPSA) is 88.1 Å². The molecule has 0 aliphatic carbocycles. The molecule has 130 valence electrons. The van der Waals surface area contributed by atoms with Crippen LogP contribution in [-0.4, -0.2) is 74.0 Å². The molecule has 2 aliphatic heterocycles. The summed E-state index contributed by atoms with van der Waals surface area (Å²) in [4.78, 5) is 25.5. The molecule has 0 aromatic heterocycles. The maximum Gasteiger partial charge on any atom is 0.224 e. The molecular weight excluding hydrogens is 300 g/mol. The number of rotatable bonds is 5. The molecular formula is C16H26N2O5. The number of aliphatic hydroxyl groups is 1. The zero-order valence-corrected chi connectivity index (χ0v) is 13.7. The maximum atomic E-state index is 12.3. The van der Waals surface area contributed by atoms with Gasteiger partial charge in [-0.05, 0) is 12.8 Å². The molecule has 0 aromatic carbocycles. The van der Waals surface area contributed by atoms with E-state index in [1.165, 1.54) is 4.90 Å². The van der Waals surface area contributed by atoms with E-state index in [0.717, 1.165) is 0 Å². The third-order valence-electron chi connectivity index (χ3n) is 4.24. The minimum Gasteiger partial charge on any atom is -0.394 e. The van der Waals surface area contributed by atoms with Crippen molar-refractivity contribution in [1.29, 1.82) is 0 Å². The van der Waals surface area contributed by atoms with E-state index in [4.69, 9.17) is 9.47 Å². The zero-order chi connectivity index (χ0) is 16.8. The first-order chi connectivity index (χ1) is 11.0. The first-order valence-electron chi connectivity index (χ1n) is 8.04. The Morgan fingerprint density at radius 2 is 1.96 bits per heavy atom. The van der Waals surface area contributed by atoms with Gasteiger partial charge in [-0.2, -0.15) is 0 Å². The highest BCUT2D eigenvalue weighted by molar-refractivity contribution is 5.79. The van der Waals surface area contributed by atoms with Gasteiger partial charge in [0.15, 0.2) is 0 Å². The highest BCUT2D eigenvalue weighted by Gasteiger charge is 2.31. The van der Waals surface area contributed by atoms with Crippen molar-refractivity contribution in [2.75, 3.05) is 33.9 Å². The standard InChI is InChI=1S/C16H26N2O5/c1-18(2)15(20)9-12-3-4-13(14(10-19)23-12)17-16(21)11-5-7-22-8-6-11/h3-4,11-14,19H,5-10H2,1-2H3,(H,17,21)/t12-,13+,14-/m1/s1. The van der Waals surface area contributed by atoms with Crippen molar-refractivity contribution in [3.05, 3.63) is 12.2 Å².